The summed E-state index contributed by atoms with van der Waals surface area (Å²) in [4.78, 5) is 12.6. The maximum Gasteiger partial charge on any atom is 0.421 e. The van der Waals surface area contributed by atoms with Crippen LogP contribution in [0.1, 0.15) is 49.7 Å². The van der Waals surface area contributed by atoms with Gasteiger partial charge in [0.05, 0.1) is 17.1 Å². The van der Waals surface area contributed by atoms with Crippen LogP contribution >= 0.6 is 0 Å². The largest absolute Gasteiger partial charge is 0.421 e. The van der Waals surface area contributed by atoms with E-state index in [9.17, 15) is 31.5 Å². The van der Waals surface area contributed by atoms with Crippen molar-refractivity contribution < 1.29 is 31.5 Å². The number of rotatable bonds is 8. The molecule has 4 rings (SSSR count). The van der Waals surface area contributed by atoms with Gasteiger partial charge in [0.2, 0.25) is 5.91 Å². The molecule has 2 aromatic rings. The lowest BCUT2D eigenvalue weighted by molar-refractivity contribution is -0.286. The van der Waals surface area contributed by atoms with E-state index in [1.807, 2.05) is 0 Å². The molecule has 5 nitrogen and oxygen atoms in total. The standard InChI is InChI=1S/C25H28F3NO4S/c26-25(27,28)24(31,19-3-1-2-4-19)20-9-11-21(12-10-20)29-23(30)15-17-7-13-22(14-8-17)34(32,33)16-18-5-6-18/h7-14,18-19,31H,1-6,15-16H2,(H,29,30). The molecular weight excluding hydrogens is 467 g/mol. The number of carbonyl (C=O) groups excluding carboxylic acids is 1. The number of halogens is 3. The average Bonchev–Trinajstić information content (AvgIpc) is 3.39. The number of carbonyl (C=O) groups is 1. The number of sulfone groups is 1. The lowest BCUT2D eigenvalue weighted by Gasteiger charge is -2.36. The Kier molecular flexibility index (Phi) is 6.79. The van der Waals surface area contributed by atoms with Crippen LogP contribution < -0.4 is 5.32 Å². The number of alkyl halides is 3. The minimum absolute atomic E-state index is 0.0146. The van der Waals surface area contributed by atoms with Gasteiger partial charge in [-0.05, 0) is 67.0 Å². The van der Waals surface area contributed by atoms with Crippen LogP contribution in [0.4, 0.5) is 18.9 Å². The van der Waals surface area contributed by atoms with E-state index < -0.39 is 27.5 Å². The first-order valence-electron chi connectivity index (χ1n) is 11.5. The Morgan fingerprint density at radius 1 is 0.941 bits per heavy atom. The predicted octanol–water partition coefficient (Wildman–Crippen LogP) is 4.99. The van der Waals surface area contributed by atoms with Crippen molar-refractivity contribution >= 4 is 21.4 Å². The molecule has 184 valence electrons. The SMILES string of the molecule is O=C(Cc1ccc(S(=O)(=O)CC2CC2)cc1)Nc1ccc(C(O)(C2CCCC2)C(F)(F)F)cc1. The summed E-state index contributed by atoms with van der Waals surface area (Å²) in [5.74, 6) is -0.883. The zero-order valence-corrected chi connectivity index (χ0v) is 19.5. The van der Waals surface area contributed by atoms with Crippen molar-refractivity contribution in [2.24, 2.45) is 11.8 Å². The van der Waals surface area contributed by atoms with Gasteiger partial charge in [0, 0.05) is 11.6 Å². The highest BCUT2D eigenvalue weighted by atomic mass is 32.2. The van der Waals surface area contributed by atoms with E-state index >= 15 is 0 Å². The van der Waals surface area contributed by atoms with Crippen molar-refractivity contribution in [1.29, 1.82) is 0 Å². The van der Waals surface area contributed by atoms with E-state index in [0.717, 1.165) is 12.8 Å². The van der Waals surface area contributed by atoms with E-state index in [4.69, 9.17) is 0 Å². The highest BCUT2D eigenvalue weighted by Crippen LogP contribution is 2.50. The van der Waals surface area contributed by atoms with Gasteiger partial charge in [-0.1, -0.05) is 37.1 Å². The second-order valence-electron chi connectivity index (χ2n) is 9.42. The minimum Gasteiger partial charge on any atom is -0.376 e. The second-order valence-corrected chi connectivity index (χ2v) is 11.5. The maximum atomic E-state index is 13.8. The average molecular weight is 496 g/mol. The molecule has 1 atom stereocenters. The number of benzene rings is 2. The fourth-order valence-corrected chi connectivity index (χ4v) is 6.38. The topological polar surface area (TPSA) is 83.5 Å². The molecule has 0 spiro atoms. The van der Waals surface area contributed by atoms with E-state index in [1.54, 1.807) is 12.1 Å². The predicted molar refractivity (Wildman–Crippen MR) is 122 cm³/mol. The molecule has 0 aliphatic heterocycles. The lowest BCUT2D eigenvalue weighted by Crippen LogP contribution is -2.47. The van der Waals surface area contributed by atoms with Gasteiger partial charge in [0.15, 0.2) is 15.4 Å². The summed E-state index contributed by atoms with van der Waals surface area (Å²) in [7, 11) is -3.32. The van der Waals surface area contributed by atoms with Crippen LogP contribution in [0.2, 0.25) is 0 Å². The number of amides is 1. The van der Waals surface area contributed by atoms with Crippen LogP contribution in [0.15, 0.2) is 53.4 Å². The van der Waals surface area contributed by atoms with Crippen molar-refractivity contribution in [3.05, 3.63) is 59.7 Å². The molecule has 0 radical (unpaired) electrons. The Labute approximate surface area is 197 Å². The molecule has 34 heavy (non-hydrogen) atoms. The number of nitrogens with one attached hydrogen (secondary N) is 1. The molecule has 2 saturated carbocycles. The van der Waals surface area contributed by atoms with Gasteiger partial charge in [0.25, 0.3) is 0 Å². The second kappa shape index (κ2) is 9.34. The quantitative estimate of drug-likeness (QED) is 0.540. The summed E-state index contributed by atoms with van der Waals surface area (Å²) in [6, 6.07) is 11.3. The third kappa shape index (κ3) is 5.30. The minimum atomic E-state index is -4.80. The zero-order chi connectivity index (χ0) is 24.6. The number of aliphatic hydroxyl groups is 1. The van der Waals surface area contributed by atoms with Crippen LogP contribution in [-0.2, 0) is 26.7 Å². The third-order valence-electron chi connectivity index (χ3n) is 6.79. The Bertz CT molecular complexity index is 1120. The molecule has 2 aliphatic carbocycles. The maximum absolute atomic E-state index is 13.8. The molecular formula is C25H28F3NO4S. The number of hydrogen-bond donors (Lipinski definition) is 2. The Balaban J connectivity index is 1.40. The highest BCUT2D eigenvalue weighted by Gasteiger charge is 2.59. The zero-order valence-electron chi connectivity index (χ0n) is 18.6. The number of anilines is 1. The van der Waals surface area contributed by atoms with Crippen molar-refractivity contribution in [3.8, 4) is 0 Å². The van der Waals surface area contributed by atoms with Crippen molar-refractivity contribution in [3.63, 3.8) is 0 Å². The van der Waals surface area contributed by atoms with Crippen LogP contribution in [0.3, 0.4) is 0 Å². The molecule has 0 bridgehead atoms. The lowest BCUT2D eigenvalue weighted by atomic mass is 9.79. The van der Waals surface area contributed by atoms with Crippen LogP contribution in [-0.4, -0.2) is 31.4 Å². The van der Waals surface area contributed by atoms with Crippen LogP contribution in [0.25, 0.3) is 0 Å². The first-order valence-corrected chi connectivity index (χ1v) is 13.2. The molecule has 0 aromatic heterocycles. The third-order valence-corrected chi connectivity index (χ3v) is 8.69. The molecule has 2 N–H and O–H groups in total. The van der Waals surface area contributed by atoms with E-state index in [1.165, 1.54) is 36.4 Å². The summed E-state index contributed by atoms with van der Waals surface area (Å²) >= 11 is 0. The molecule has 0 heterocycles. The molecule has 0 saturated heterocycles. The summed E-state index contributed by atoms with van der Waals surface area (Å²) in [6.45, 7) is 0. The normalized spacial score (nSPS) is 19.1. The monoisotopic (exact) mass is 495 g/mol. The fourth-order valence-electron chi connectivity index (χ4n) is 4.68. The van der Waals surface area contributed by atoms with Gasteiger partial charge in [0.1, 0.15) is 0 Å². The van der Waals surface area contributed by atoms with Crippen LogP contribution in [0.5, 0.6) is 0 Å². The van der Waals surface area contributed by atoms with Crippen LogP contribution in [0, 0.1) is 11.8 Å². The first kappa shape index (κ1) is 24.7. The first-order chi connectivity index (χ1) is 16.0. The summed E-state index contributed by atoms with van der Waals surface area (Å²) in [6.07, 6.45) is -0.993. The fraction of sp³-hybridized carbons (Fsp3) is 0.480. The summed E-state index contributed by atoms with van der Waals surface area (Å²) in [5.41, 5.74) is -2.21. The van der Waals surface area contributed by atoms with Gasteiger partial charge in [-0.15, -0.1) is 0 Å². The van der Waals surface area contributed by atoms with Gasteiger partial charge in [-0.3, -0.25) is 4.79 Å². The summed E-state index contributed by atoms with van der Waals surface area (Å²) in [5, 5.41) is 13.3. The van der Waals surface area contributed by atoms with E-state index in [0.29, 0.717) is 36.9 Å². The van der Waals surface area contributed by atoms with E-state index in [-0.39, 0.29) is 34.5 Å². The molecule has 2 aromatic carbocycles. The Morgan fingerprint density at radius 2 is 1.53 bits per heavy atom. The Hall–Kier alpha value is -2.39. The smallest absolute Gasteiger partial charge is 0.376 e. The van der Waals surface area contributed by atoms with Gasteiger partial charge in [-0.2, -0.15) is 13.2 Å². The molecule has 9 heteroatoms. The number of hydrogen-bond acceptors (Lipinski definition) is 4. The van der Waals surface area contributed by atoms with Crippen molar-refractivity contribution in [1.82, 2.24) is 0 Å². The van der Waals surface area contributed by atoms with Gasteiger partial charge < -0.3 is 10.4 Å². The van der Waals surface area contributed by atoms with Crippen molar-refractivity contribution in [2.75, 3.05) is 11.1 Å². The molecule has 1 unspecified atom stereocenters. The molecule has 2 aliphatic rings. The summed E-state index contributed by atoms with van der Waals surface area (Å²) < 4.78 is 66.1. The Morgan fingerprint density at radius 3 is 2.06 bits per heavy atom. The van der Waals surface area contributed by atoms with E-state index in [2.05, 4.69) is 5.32 Å². The molecule has 2 fully saturated rings. The van der Waals surface area contributed by atoms with Crippen molar-refractivity contribution in [2.45, 2.75) is 61.6 Å². The van der Waals surface area contributed by atoms with Gasteiger partial charge in [-0.25, -0.2) is 8.42 Å². The highest BCUT2D eigenvalue weighted by molar-refractivity contribution is 7.91. The molecule has 1 amide bonds. The van der Waals surface area contributed by atoms with Gasteiger partial charge >= 0.3 is 6.18 Å².